The second-order valence-electron chi connectivity index (χ2n) is 4.81. The van der Waals surface area contributed by atoms with E-state index in [1.165, 1.54) is 21.3 Å². The van der Waals surface area contributed by atoms with Gasteiger partial charge in [-0.05, 0) is 24.4 Å². The molecule has 0 heterocycles. The van der Waals surface area contributed by atoms with E-state index in [9.17, 15) is 4.79 Å². The van der Waals surface area contributed by atoms with E-state index in [2.05, 4.69) is 16.2 Å². The molecule has 2 aromatic rings. The normalized spacial score (nSPS) is 9.72. The van der Waals surface area contributed by atoms with E-state index in [1.807, 2.05) is 6.07 Å². The number of hydrazine groups is 1. The summed E-state index contributed by atoms with van der Waals surface area (Å²) in [6.45, 7) is 0. The Bertz CT molecular complexity index is 728. The Kier molecular flexibility index (Phi) is 6.41. The fraction of sp³-hybridized carbons (Fsp3) is 0.176. The molecule has 0 fully saturated rings. The lowest BCUT2D eigenvalue weighted by Gasteiger charge is -2.16. The van der Waals surface area contributed by atoms with Gasteiger partial charge < -0.3 is 19.5 Å². The minimum atomic E-state index is -0.297. The van der Waals surface area contributed by atoms with Crippen molar-refractivity contribution in [3.8, 4) is 17.2 Å². The standard InChI is InChI=1S/C17H19N3O4S/c1-22-13-9-12(10-14(23-2)15(13)24-3)18-17(25)20-19-16(21)11-7-5-4-6-8-11/h4-10H,1-3H3,(H,19,21)(H2,18,20,25). The van der Waals surface area contributed by atoms with Crippen LogP contribution in [0.3, 0.4) is 0 Å². The Balaban J connectivity index is 2.02. The average molecular weight is 361 g/mol. The molecule has 8 heteroatoms. The number of anilines is 1. The van der Waals surface area contributed by atoms with Crippen LogP contribution in [0.1, 0.15) is 10.4 Å². The van der Waals surface area contributed by atoms with Crippen molar-refractivity contribution in [2.24, 2.45) is 0 Å². The quantitative estimate of drug-likeness (QED) is 0.557. The third kappa shape index (κ3) is 4.74. The van der Waals surface area contributed by atoms with Crippen molar-refractivity contribution in [3.05, 3.63) is 48.0 Å². The van der Waals surface area contributed by atoms with E-state index in [0.717, 1.165) is 0 Å². The zero-order valence-electron chi connectivity index (χ0n) is 14.1. The average Bonchev–Trinajstić information content (AvgIpc) is 2.65. The minimum absolute atomic E-state index is 0.207. The summed E-state index contributed by atoms with van der Waals surface area (Å²) in [7, 11) is 4.58. The molecule has 0 bridgehead atoms. The number of amides is 1. The molecule has 0 unspecified atom stereocenters. The van der Waals surface area contributed by atoms with Crippen LogP contribution < -0.4 is 30.4 Å². The van der Waals surface area contributed by atoms with Gasteiger partial charge in [-0.3, -0.25) is 15.6 Å². The van der Waals surface area contributed by atoms with Crippen molar-refractivity contribution in [1.29, 1.82) is 0 Å². The predicted molar refractivity (Wildman–Crippen MR) is 99.4 cm³/mol. The molecule has 132 valence electrons. The molecule has 2 rings (SSSR count). The SMILES string of the molecule is COc1cc(NC(=S)NNC(=O)c2ccccc2)cc(OC)c1OC. The zero-order valence-corrected chi connectivity index (χ0v) is 14.9. The van der Waals surface area contributed by atoms with E-state index in [4.69, 9.17) is 26.4 Å². The van der Waals surface area contributed by atoms with Crippen LogP contribution in [0.2, 0.25) is 0 Å². The number of hydrogen-bond donors (Lipinski definition) is 3. The van der Waals surface area contributed by atoms with Gasteiger partial charge in [0, 0.05) is 23.4 Å². The molecule has 1 amide bonds. The van der Waals surface area contributed by atoms with Gasteiger partial charge in [0.15, 0.2) is 16.6 Å². The molecular weight excluding hydrogens is 342 g/mol. The van der Waals surface area contributed by atoms with E-state index >= 15 is 0 Å². The number of methoxy groups -OCH3 is 3. The second kappa shape index (κ2) is 8.74. The summed E-state index contributed by atoms with van der Waals surface area (Å²) >= 11 is 5.17. The van der Waals surface area contributed by atoms with Crippen molar-refractivity contribution in [2.75, 3.05) is 26.6 Å². The van der Waals surface area contributed by atoms with Gasteiger partial charge in [-0.1, -0.05) is 18.2 Å². The summed E-state index contributed by atoms with van der Waals surface area (Å²) in [6.07, 6.45) is 0. The molecule has 25 heavy (non-hydrogen) atoms. The maximum Gasteiger partial charge on any atom is 0.269 e. The summed E-state index contributed by atoms with van der Waals surface area (Å²) in [4.78, 5) is 12.0. The number of nitrogens with one attached hydrogen (secondary N) is 3. The van der Waals surface area contributed by atoms with Gasteiger partial charge in [0.05, 0.1) is 21.3 Å². The largest absolute Gasteiger partial charge is 0.493 e. The maximum absolute atomic E-state index is 12.0. The zero-order chi connectivity index (χ0) is 18.2. The first-order valence-electron chi connectivity index (χ1n) is 7.31. The lowest BCUT2D eigenvalue weighted by atomic mass is 10.2. The smallest absolute Gasteiger partial charge is 0.269 e. The van der Waals surface area contributed by atoms with Crippen molar-refractivity contribution in [2.45, 2.75) is 0 Å². The monoisotopic (exact) mass is 361 g/mol. The number of thiocarbonyl (C=S) groups is 1. The summed E-state index contributed by atoms with van der Waals surface area (Å²) < 4.78 is 15.8. The van der Waals surface area contributed by atoms with Crippen LogP contribution in [0.15, 0.2) is 42.5 Å². The Morgan fingerprint density at radius 2 is 1.52 bits per heavy atom. The Labute approximate surface area is 151 Å². The van der Waals surface area contributed by atoms with Gasteiger partial charge in [0.1, 0.15) is 0 Å². The number of rotatable bonds is 5. The lowest BCUT2D eigenvalue weighted by Crippen LogP contribution is -2.43. The van der Waals surface area contributed by atoms with Gasteiger partial charge in [-0.2, -0.15) is 0 Å². The fourth-order valence-electron chi connectivity index (χ4n) is 2.09. The number of benzene rings is 2. The Morgan fingerprint density at radius 3 is 2.04 bits per heavy atom. The van der Waals surface area contributed by atoms with E-state index in [1.54, 1.807) is 36.4 Å². The highest BCUT2D eigenvalue weighted by Gasteiger charge is 2.14. The van der Waals surface area contributed by atoms with Gasteiger partial charge in [0.2, 0.25) is 5.75 Å². The molecule has 0 aliphatic heterocycles. The molecule has 0 saturated carbocycles. The first kappa shape index (κ1) is 18.3. The highest BCUT2D eigenvalue weighted by molar-refractivity contribution is 7.80. The van der Waals surface area contributed by atoms with Crippen molar-refractivity contribution in [1.82, 2.24) is 10.9 Å². The number of carbonyl (C=O) groups is 1. The Morgan fingerprint density at radius 1 is 0.920 bits per heavy atom. The lowest BCUT2D eigenvalue weighted by molar-refractivity contribution is 0.0944. The molecular formula is C17H19N3O4S. The summed E-state index contributed by atoms with van der Waals surface area (Å²) in [5.41, 5.74) is 6.29. The molecule has 0 spiro atoms. The molecule has 2 aromatic carbocycles. The third-order valence-corrected chi connectivity index (χ3v) is 3.45. The van der Waals surface area contributed by atoms with Gasteiger partial charge in [-0.15, -0.1) is 0 Å². The fourth-order valence-corrected chi connectivity index (χ4v) is 2.26. The van der Waals surface area contributed by atoms with E-state index in [-0.39, 0.29) is 11.0 Å². The second-order valence-corrected chi connectivity index (χ2v) is 5.22. The van der Waals surface area contributed by atoms with Gasteiger partial charge in [-0.25, -0.2) is 0 Å². The summed E-state index contributed by atoms with van der Waals surface area (Å²) in [6, 6.07) is 12.2. The van der Waals surface area contributed by atoms with Crippen LogP contribution in [-0.2, 0) is 0 Å². The van der Waals surface area contributed by atoms with Crippen LogP contribution in [0.25, 0.3) is 0 Å². The molecule has 7 nitrogen and oxygen atoms in total. The van der Waals surface area contributed by atoms with Crippen molar-refractivity contribution < 1.29 is 19.0 Å². The van der Waals surface area contributed by atoms with Crippen molar-refractivity contribution >= 4 is 28.9 Å². The molecule has 3 N–H and O–H groups in total. The molecule has 0 aliphatic rings. The Hall–Kier alpha value is -3.00. The van der Waals surface area contributed by atoms with Crippen molar-refractivity contribution in [3.63, 3.8) is 0 Å². The topological polar surface area (TPSA) is 80.9 Å². The first-order valence-corrected chi connectivity index (χ1v) is 7.72. The third-order valence-electron chi connectivity index (χ3n) is 3.25. The maximum atomic E-state index is 12.0. The number of ether oxygens (including phenoxy) is 3. The first-order chi connectivity index (χ1) is 12.1. The molecule has 0 aliphatic carbocycles. The van der Waals surface area contributed by atoms with Crippen LogP contribution >= 0.6 is 12.2 Å². The summed E-state index contributed by atoms with van der Waals surface area (Å²) in [5, 5.41) is 3.15. The van der Waals surface area contributed by atoms with Crippen LogP contribution in [-0.4, -0.2) is 32.3 Å². The minimum Gasteiger partial charge on any atom is -0.493 e. The number of carbonyl (C=O) groups excluding carboxylic acids is 1. The molecule has 0 radical (unpaired) electrons. The molecule has 0 saturated heterocycles. The van der Waals surface area contributed by atoms with Crippen LogP contribution in [0, 0.1) is 0 Å². The van der Waals surface area contributed by atoms with E-state index < -0.39 is 0 Å². The van der Waals surface area contributed by atoms with Crippen LogP contribution in [0.4, 0.5) is 5.69 Å². The highest BCUT2D eigenvalue weighted by atomic mass is 32.1. The van der Waals surface area contributed by atoms with E-state index in [0.29, 0.717) is 28.5 Å². The van der Waals surface area contributed by atoms with Gasteiger partial charge >= 0.3 is 0 Å². The van der Waals surface area contributed by atoms with Gasteiger partial charge in [0.25, 0.3) is 5.91 Å². The highest BCUT2D eigenvalue weighted by Crippen LogP contribution is 2.39. The molecule has 0 atom stereocenters. The van der Waals surface area contributed by atoms with Crippen LogP contribution in [0.5, 0.6) is 17.2 Å². The summed E-state index contributed by atoms with van der Waals surface area (Å²) in [5.74, 6) is 1.15. The number of hydrogen-bond acceptors (Lipinski definition) is 5. The molecule has 0 aromatic heterocycles. The predicted octanol–water partition coefficient (Wildman–Crippen LogP) is 2.34.